The van der Waals surface area contributed by atoms with E-state index in [4.69, 9.17) is 14.2 Å². The molecule has 55 heavy (non-hydrogen) atoms. The van der Waals surface area contributed by atoms with Gasteiger partial charge in [0.15, 0.2) is 0 Å². The Morgan fingerprint density at radius 1 is 0.764 bits per heavy atom. The topological polar surface area (TPSA) is 168 Å². The zero-order valence-electron chi connectivity index (χ0n) is 32.2. The minimum atomic E-state index is -1.12. The van der Waals surface area contributed by atoms with Gasteiger partial charge in [0.05, 0.1) is 31.8 Å². The summed E-state index contributed by atoms with van der Waals surface area (Å²) in [7, 11) is 0. The van der Waals surface area contributed by atoms with Crippen LogP contribution in [-0.2, 0) is 48.0 Å². The molecular weight excluding hydrogens is 702 g/mol. The molecular formula is C42H57N5O8. The zero-order valence-corrected chi connectivity index (χ0v) is 32.2. The number of carbonyl (C=O) groups excluding carboxylic acids is 4. The van der Waals surface area contributed by atoms with Crippen molar-refractivity contribution in [3.63, 3.8) is 0 Å². The van der Waals surface area contributed by atoms with E-state index in [1.54, 1.807) is 20.8 Å². The van der Waals surface area contributed by atoms with Crippen LogP contribution in [0.2, 0.25) is 0 Å². The van der Waals surface area contributed by atoms with Crippen LogP contribution < -0.4 is 21.5 Å². The number of morpholine rings is 1. The lowest BCUT2D eigenvalue weighted by atomic mass is 9.94. The molecule has 0 bridgehead atoms. The third-order valence-electron chi connectivity index (χ3n) is 9.56. The molecule has 3 unspecified atom stereocenters. The van der Waals surface area contributed by atoms with Crippen LogP contribution in [0.1, 0.15) is 50.3 Å². The third kappa shape index (κ3) is 15.4. The van der Waals surface area contributed by atoms with Gasteiger partial charge < -0.3 is 30.0 Å². The monoisotopic (exact) mass is 759 g/mol. The first-order valence-corrected chi connectivity index (χ1v) is 19.1. The summed E-state index contributed by atoms with van der Waals surface area (Å²) < 4.78 is 16.2. The second-order valence-corrected chi connectivity index (χ2v) is 14.3. The third-order valence-corrected chi connectivity index (χ3v) is 9.56. The number of aliphatic hydroxyl groups excluding tert-OH is 1. The van der Waals surface area contributed by atoms with E-state index in [1.807, 2.05) is 91.0 Å². The van der Waals surface area contributed by atoms with Gasteiger partial charge in [-0.25, -0.2) is 10.2 Å². The summed E-state index contributed by atoms with van der Waals surface area (Å²) in [6.45, 7) is 8.80. The molecule has 13 heteroatoms. The molecule has 1 saturated heterocycles. The van der Waals surface area contributed by atoms with Crippen LogP contribution in [0.25, 0.3) is 0 Å². The maximum atomic E-state index is 14.2. The average molecular weight is 760 g/mol. The fraction of sp³-hybridized carbons (Fsp3) is 0.476. The molecule has 298 valence electrons. The van der Waals surface area contributed by atoms with Crippen LogP contribution in [-0.4, -0.2) is 97.6 Å². The number of hydrogen-bond acceptors (Lipinski definition) is 10. The predicted octanol–water partition coefficient (Wildman–Crippen LogP) is 3.55. The highest BCUT2D eigenvalue weighted by molar-refractivity contribution is 5.87. The molecule has 0 spiro atoms. The number of aryl methyl sites for hydroxylation is 1. The van der Waals surface area contributed by atoms with Crippen molar-refractivity contribution >= 4 is 23.9 Å². The van der Waals surface area contributed by atoms with Gasteiger partial charge in [-0.15, -0.1) is 0 Å². The van der Waals surface area contributed by atoms with Gasteiger partial charge in [0.25, 0.3) is 5.91 Å². The number of alkyl carbamates (subject to hydrolysis) is 1. The zero-order chi connectivity index (χ0) is 39.4. The molecule has 5 atom stereocenters. The number of amides is 3. The summed E-state index contributed by atoms with van der Waals surface area (Å²) in [4.78, 5) is 55.6. The van der Waals surface area contributed by atoms with Crippen molar-refractivity contribution in [3.8, 4) is 0 Å². The van der Waals surface area contributed by atoms with Gasteiger partial charge in [-0.1, -0.05) is 112 Å². The Labute approximate surface area is 324 Å². The Kier molecular flexibility index (Phi) is 18.1. The first-order chi connectivity index (χ1) is 26.6. The van der Waals surface area contributed by atoms with E-state index in [0.717, 1.165) is 29.8 Å². The van der Waals surface area contributed by atoms with Gasteiger partial charge in [0.2, 0.25) is 5.91 Å². The molecule has 0 saturated carbocycles. The second kappa shape index (κ2) is 23.2. The van der Waals surface area contributed by atoms with Crippen LogP contribution in [0.4, 0.5) is 4.79 Å². The number of nitrogens with one attached hydrogen (secondary N) is 4. The number of esters is 1. The summed E-state index contributed by atoms with van der Waals surface area (Å²) >= 11 is 0. The highest BCUT2D eigenvalue weighted by Gasteiger charge is 2.33. The van der Waals surface area contributed by atoms with Crippen LogP contribution >= 0.6 is 0 Å². The molecule has 5 N–H and O–H groups in total. The normalized spacial score (nSPS) is 15.9. The number of rotatable bonds is 21. The predicted molar refractivity (Wildman–Crippen MR) is 208 cm³/mol. The number of hydrogen-bond donors (Lipinski definition) is 5. The van der Waals surface area contributed by atoms with E-state index >= 15 is 0 Å². The van der Waals surface area contributed by atoms with Crippen molar-refractivity contribution < 1.29 is 38.5 Å². The maximum absolute atomic E-state index is 14.2. The number of benzene rings is 3. The standard InChI is InChI=1S/C42H57N5O8/c1-30(2)38(44-42(52)54-26-23-47-21-24-53-25-22-47)41(51)46-45-39(31(3)27-37(49)55-29-34-17-11-6-12-18-34)40(50)43-35(28-33-15-9-5-10-16-33)36(48)20-19-32-13-7-4-8-14-32/h4-18,30-31,35-36,38-39,45,48H,19-29H2,1-3H3,(H,43,50)(H,44,52)(H,46,51)/t31?,35?,36?,38-,39-/m0/s1. The largest absolute Gasteiger partial charge is 0.461 e. The molecule has 0 radical (unpaired) electrons. The first kappa shape index (κ1) is 42.9. The Morgan fingerprint density at radius 3 is 1.98 bits per heavy atom. The van der Waals surface area contributed by atoms with Gasteiger partial charge in [-0.05, 0) is 47.8 Å². The summed E-state index contributed by atoms with van der Waals surface area (Å²) in [6.07, 6.45) is -0.447. The SMILES string of the molecule is CC(C)[C@H](NC(=O)OCCN1CCOCC1)C(=O)NN[C@H](C(=O)NC(Cc1ccccc1)C(O)CCc1ccccc1)C(C)CC(=O)OCc1ccccc1. The smallest absolute Gasteiger partial charge is 0.407 e. The Morgan fingerprint density at radius 2 is 1.36 bits per heavy atom. The molecule has 3 aromatic rings. The van der Waals surface area contributed by atoms with Crippen molar-refractivity contribution in [1.29, 1.82) is 0 Å². The summed E-state index contributed by atoms with van der Waals surface area (Å²) in [5, 5.41) is 17.1. The van der Waals surface area contributed by atoms with E-state index in [9.17, 15) is 24.3 Å². The summed E-state index contributed by atoms with van der Waals surface area (Å²) in [5.74, 6) is -2.65. The highest BCUT2D eigenvalue weighted by atomic mass is 16.5. The van der Waals surface area contributed by atoms with Gasteiger partial charge in [0, 0.05) is 19.6 Å². The number of ether oxygens (including phenoxy) is 3. The molecule has 0 aromatic heterocycles. The molecule has 3 amide bonds. The van der Waals surface area contributed by atoms with Crippen LogP contribution in [0.5, 0.6) is 0 Å². The molecule has 1 heterocycles. The molecule has 13 nitrogen and oxygen atoms in total. The average Bonchev–Trinajstić information content (AvgIpc) is 3.19. The van der Waals surface area contributed by atoms with E-state index in [2.05, 4.69) is 26.4 Å². The van der Waals surface area contributed by atoms with Crippen LogP contribution in [0, 0.1) is 11.8 Å². The van der Waals surface area contributed by atoms with Crippen molar-refractivity contribution in [3.05, 3.63) is 108 Å². The van der Waals surface area contributed by atoms with Crippen LogP contribution in [0.15, 0.2) is 91.0 Å². The lowest BCUT2D eigenvalue weighted by Gasteiger charge is -2.30. The van der Waals surface area contributed by atoms with Crippen molar-refractivity contribution in [1.82, 2.24) is 26.4 Å². The lowest BCUT2D eigenvalue weighted by molar-refractivity contribution is -0.146. The Bertz CT molecular complexity index is 1590. The molecule has 1 aliphatic rings. The number of aliphatic hydroxyl groups is 1. The van der Waals surface area contributed by atoms with Gasteiger partial charge in [0.1, 0.15) is 25.3 Å². The van der Waals surface area contributed by atoms with Gasteiger partial charge in [-0.2, -0.15) is 0 Å². The summed E-state index contributed by atoms with van der Waals surface area (Å²) in [6, 6.07) is 25.8. The molecule has 3 aromatic carbocycles. The minimum absolute atomic E-state index is 0.0739. The fourth-order valence-corrected chi connectivity index (χ4v) is 6.25. The minimum Gasteiger partial charge on any atom is -0.461 e. The fourth-order valence-electron chi connectivity index (χ4n) is 6.25. The van der Waals surface area contributed by atoms with Crippen molar-refractivity contribution in [2.24, 2.45) is 11.8 Å². The quantitative estimate of drug-likeness (QED) is 0.0801. The molecule has 1 fully saturated rings. The number of nitrogens with zero attached hydrogens (tertiary/aromatic N) is 1. The van der Waals surface area contributed by atoms with Crippen LogP contribution in [0.3, 0.4) is 0 Å². The lowest BCUT2D eigenvalue weighted by Crippen LogP contribution is -2.61. The Balaban J connectivity index is 1.44. The summed E-state index contributed by atoms with van der Waals surface area (Å²) in [5.41, 5.74) is 8.26. The Hall–Kier alpha value is -4.82. The van der Waals surface area contributed by atoms with E-state index in [-0.39, 0.29) is 25.6 Å². The first-order valence-electron chi connectivity index (χ1n) is 19.1. The molecule has 1 aliphatic heterocycles. The highest BCUT2D eigenvalue weighted by Crippen LogP contribution is 2.16. The van der Waals surface area contributed by atoms with E-state index in [1.165, 1.54) is 0 Å². The number of hydrazine groups is 1. The second-order valence-electron chi connectivity index (χ2n) is 14.3. The van der Waals surface area contributed by atoms with Crippen molar-refractivity contribution in [2.75, 3.05) is 39.5 Å². The number of carbonyl (C=O) groups is 4. The maximum Gasteiger partial charge on any atom is 0.407 e. The van der Waals surface area contributed by atoms with E-state index in [0.29, 0.717) is 39.0 Å². The van der Waals surface area contributed by atoms with Gasteiger partial charge >= 0.3 is 12.1 Å². The van der Waals surface area contributed by atoms with Crippen molar-refractivity contribution in [2.45, 2.75) is 77.3 Å². The molecule has 4 rings (SSSR count). The van der Waals surface area contributed by atoms with Gasteiger partial charge in [-0.3, -0.25) is 24.7 Å². The molecule has 0 aliphatic carbocycles. The van der Waals surface area contributed by atoms with E-state index < -0.39 is 54.0 Å².